The number of aromatic nitrogens is 4. The molecule has 0 bridgehead atoms. The van der Waals surface area contributed by atoms with Crippen LogP contribution in [-0.4, -0.2) is 19.2 Å². The summed E-state index contributed by atoms with van der Waals surface area (Å²) in [7, 11) is 0. The average molecular weight is 576 g/mol. The second-order valence-electron chi connectivity index (χ2n) is 8.45. The lowest BCUT2D eigenvalue weighted by atomic mass is 10.0. The van der Waals surface area contributed by atoms with E-state index in [9.17, 15) is 10.1 Å². The van der Waals surface area contributed by atoms with Crippen molar-refractivity contribution in [3.05, 3.63) is 128 Å². The molecule has 6 rings (SSSR count). The molecule has 3 aromatic heterocycles. The van der Waals surface area contributed by atoms with E-state index in [-0.39, 0.29) is 5.56 Å². The van der Waals surface area contributed by atoms with Crippen molar-refractivity contribution in [3.8, 4) is 34.1 Å². The maximum Gasteiger partial charge on any atom is 0.266 e. The molecule has 6 aromatic rings. The summed E-state index contributed by atoms with van der Waals surface area (Å²) in [5.74, 6) is 0. The molecular weight excluding hydrogens is 558 g/mol. The van der Waals surface area contributed by atoms with Gasteiger partial charge in [-0.2, -0.15) is 10.4 Å². The minimum Gasteiger partial charge on any atom is -0.268 e. The van der Waals surface area contributed by atoms with E-state index < -0.39 is 0 Å². The lowest BCUT2D eigenvalue weighted by Crippen LogP contribution is -2.16. The van der Waals surface area contributed by atoms with Gasteiger partial charge in [0.15, 0.2) is 4.96 Å². The predicted octanol–water partition coefficient (Wildman–Crippen LogP) is 7.08. The lowest BCUT2D eigenvalue weighted by molar-refractivity contribution is 0.884. The van der Waals surface area contributed by atoms with Crippen LogP contribution < -0.4 is 5.56 Å². The molecule has 0 N–H and O–H groups in total. The zero-order valence-electron chi connectivity index (χ0n) is 19.8. The molecule has 0 unspecified atom stereocenters. The molecule has 0 aliphatic carbocycles. The Morgan fingerprint density at radius 1 is 0.947 bits per heavy atom. The Bertz CT molecular complexity index is 1910. The molecule has 0 amide bonds. The van der Waals surface area contributed by atoms with Crippen LogP contribution >= 0.6 is 27.3 Å². The van der Waals surface area contributed by atoms with Crippen molar-refractivity contribution in [3.63, 3.8) is 0 Å². The Balaban J connectivity index is 1.53. The molecule has 0 aliphatic rings. The first-order valence-electron chi connectivity index (χ1n) is 11.7. The first kappa shape index (κ1) is 23.8. The zero-order valence-corrected chi connectivity index (χ0v) is 22.2. The molecule has 0 saturated carbocycles. The number of nitriles is 1. The van der Waals surface area contributed by atoms with E-state index in [2.05, 4.69) is 22.0 Å². The number of hydrogen-bond donors (Lipinski definition) is 0. The summed E-state index contributed by atoms with van der Waals surface area (Å²) < 4.78 is 4.33. The molecule has 0 saturated heterocycles. The van der Waals surface area contributed by atoms with Gasteiger partial charge in [0.2, 0.25) is 0 Å². The smallest absolute Gasteiger partial charge is 0.266 e. The third kappa shape index (κ3) is 4.39. The molecule has 0 aliphatic heterocycles. The Hall–Kier alpha value is -4.58. The topological polar surface area (TPSA) is 76.0 Å². The van der Waals surface area contributed by atoms with Crippen molar-refractivity contribution in [2.45, 2.75) is 0 Å². The van der Waals surface area contributed by atoms with Crippen LogP contribution in [0.25, 0.3) is 45.2 Å². The molecule has 182 valence electrons. The van der Waals surface area contributed by atoms with Gasteiger partial charge in [0.25, 0.3) is 5.56 Å². The number of halogens is 1. The first-order valence-corrected chi connectivity index (χ1v) is 13.4. The quantitative estimate of drug-likeness (QED) is 0.220. The van der Waals surface area contributed by atoms with Gasteiger partial charge < -0.3 is 0 Å². The number of fused-ring (bicyclic) bond motifs is 1. The minimum atomic E-state index is -0.161. The summed E-state index contributed by atoms with van der Waals surface area (Å²) in [4.78, 5) is 18.9. The number of hydrogen-bond acceptors (Lipinski definition) is 5. The Kier molecular flexibility index (Phi) is 6.30. The third-order valence-electron chi connectivity index (χ3n) is 6.11. The van der Waals surface area contributed by atoms with Gasteiger partial charge in [0.05, 0.1) is 28.6 Å². The molecule has 6 nitrogen and oxygen atoms in total. The molecule has 0 spiro atoms. The van der Waals surface area contributed by atoms with E-state index >= 15 is 0 Å². The molecule has 38 heavy (non-hydrogen) atoms. The Labute approximate surface area is 230 Å². The molecule has 0 fully saturated rings. The largest absolute Gasteiger partial charge is 0.268 e. The summed E-state index contributed by atoms with van der Waals surface area (Å²) in [6.07, 6.45) is 7.50. The summed E-state index contributed by atoms with van der Waals surface area (Å²) in [5, 5.41) is 16.0. The molecule has 3 aromatic carbocycles. The van der Waals surface area contributed by atoms with Crippen LogP contribution in [0, 0.1) is 11.3 Å². The van der Waals surface area contributed by atoms with Gasteiger partial charge in [-0.15, -0.1) is 11.3 Å². The highest BCUT2D eigenvalue weighted by Gasteiger charge is 2.16. The monoisotopic (exact) mass is 575 g/mol. The van der Waals surface area contributed by atoms with Crippen LogP contribution in [0.1, 0.15) is 16.8 Å². The van der Waals surface area contributed by atoms with Crippen LogP contribution in [0.4, 0.5) is 0 Å². The number of nitrogens with zero attached hydrogens (tertiary/aromatic N) is 5. The Morgan fingerprint density at radius 3 is 2.47 bits per heavy atom. The molecule has 0 atom stereocenters. The van der Waals surface area contributed by atoms with E-state index in [1.807, 2.05) is 83.0 Å². The summed E-state index contributed by atoms with van der Waals surface area (Å²) in [6.45, 7) is 0. The van der Waals surface area contributed by atoms with Gasteiger partial charge in [0.1, 0.15) is 5.69 Å². The number of para-hydroxylation sites is 1. The maximum atomic E-state index is 13.5. The number of thiazole rings is 1. The highest BCUT2D eigenvalue weighted by molar-refractivity contribution is 9.10. The second-order valence-corrected chi connectivity index (χ2v) is 10.2. The van der Waals surface area contributed by atoms with E-state index in [0.29, 0.717) is 27.3 Å². The summed E-state index contributed by atoms with van der Waals surface area (Å²) in [6, 6.07) is 27.0. The SMILES string of the molecule is N#Cc1ccc(-c2c(/C=C/c3cn(-c4ccccc4)nc3-c3ccccc3Br)nc3sccn3c2=O)cc1. The van der Waals surface area contributed by atoms with Gasteiger partial charge in [-0.3, -0.25) is 9.20 Å². The minimum absolute atomic E-state index is 0.161. The summed E-state index contributed by atoms with van der Waals surface area (Å²) >= 11 is 5.07. The van der Waals surface area contributed by atoms with Gasteiger partial charge in [-0.25, -0.2) is 9.67 Å². The van der Waals surface area contributed by atoms with E-state index in [1.165, 1.54) is 11.3 Å². The standard InChI is InChI=1S/C30H18BrN5OS/c31-25-9-5-4-8-24(25)28-22(19-36(34-28)23-6-2-1-3-7-23)14-15-26-27(21-12-10-20(18-32)11-13-21)29(37)35-16-17-38-30(35)33-26/h1-17,19H/b15-14+. The van der Waals surface area contributed by atoms with Crippen molar-refractivity contribution in [2.24, 2.45) is 0 Å². The van der Waals surface area contributed by atoms with Crippen LogP contribution in [-0.2, 0) is 0 Å². The van der Waals surface area contributed by atoms with Crippen molar-refractivity contribution >= 4 is 44.4 Å². The fourth-order valence-corrected chi connectivity index (χ4v) is 5.44. The van der Waals surface area contributed by atoms with E-state index in [1.54, 1.807) is 34.9 Å². The lowest BCUT2D eigenvalue weighted by Gasteiger charge is -2.07. The predicted molar refractivity (Wildman–Crippen MR) is 155 cm³/mol. The number of benzene rings is 3. The van der Waals surface area contributed by atoms with Crippen LogP contribution in [0.2, 0.25) is 0 Å². The zero-order chi connectivity index (χ0) is 26.1. The van der Waals surface area contributed by atoms with Crippen LogP contribution in [0.5, 0.6) is 0 Å². The van der Waals surface area contributed by atoms with Gasteiger partial charge in [-0.1, -0.05) is 64.5 Å². The maximum absolute atomic E-state index is 13.5. The van der Waals surface area contributed by atoms with Gasteiger partial charge in [-0.05, 0) is 48.0 Å². The van der Waals surface area contributed by atoms with E-state index in [0.717, 1.165) is 27.0 Å². The first-order chi connectivity index (χ1) is 18.6. The molecular formula is C30H18BrN5OS. The van der Waals surface area contributed by atoms with Crippen molar-refractivity contribution in [1.29, 1.82) is 5.26 Å². The highest BCUT2D eigenvalue weighted by Crippen LogP contribution is 2.32. The van der Waals surface area contributed by atoms with Crippen molar-refractivity contribution in [1.82, 2.24) is 19.2 Å². The molecule has 0 radical (unpaired) electrons. The second kappa shape index (κ2) is 10.1. The van der Waals surface area contributed by atoms with Crippen molar-refractivity contribution in [2.75, 3.05) is 0 Å². The van der Waals surface area contributed by atoms with Crippen LogP contribution in [0.3, 0.4) is 0 Å². The Morgan fingerprint density at radius 2 is 1.71 bits per heavy atom. The number of rotatable bonds is 5. The van der Waals surface area contributed by atoms with Crippen LogP contribution in [0.15, 0.2) is 106 Å². The van der Waals surface area contributed by atoms with Crippen molar-refractivity contribution < 1.29 is 0 Å². The third-order valence-corrected chi connectivity index (χ3v) is 7.56. The molecule has 3 heterocycles. The fraction of sp³-hybridized carbons (Fsp3) is 0. The van der Waals surface area contributed by atoms with E-state index in [4.69, 9.17) is 10.1 Å². The van der Waals surface area contributed by atoms with Gasteiger partial charge in [0, 0.05) is 33.4 Å². The average Bonchev–Trinajstić information content (AvgIpc) is 3.60. The molecule has 8 heteroatoms. The summed E-state index contributed by atoms with van der Waals surface area (Å²) in [5.41, 5.74) is 5.66. The fourth-order valence-electron chi connectivity index (χ4n) is 4.25. The highest BCUT2D eigenvalue weighted by atomic mass is 79.9. The normalized spacial score (nSPS) is 11.3. The van der Waals surface area contributed by atoms with Gasteiger partial charge >= 0.3 is 0 Å².